The Morgan fingerprint density at radius 3 is 1.92 bits per heavy atom. The lowest BCUT2D eigenvalue weighted by molar-refractivity contribution is -0.148. The molecule has 0 saturated heterocycles. The van der Waals surface area contributed by atoms with Crippen molar-refractivity contribution in [1.29, 1.82) is 0 Å². The summed E-state index contributed by atoms with van der Waals surface area (Å²) in [4.78, 5) is 11.0. The first-order chi connectivity index (χ1) is 4.81. The molecule has 72 valence electrons. The van der Waals surface area contributed by atoms with Gasteiger partial charge in [0.05, 0.1) is 0 Å². The largest absolute Gasteiger partial charge is 0.457 e. The van der Waals surface area contributed by atoms with Crippen LogP contribution in [-0.4, -0.2) is 17.0 Å². The second-order valence-corrected chi connectivity index (χ2v) is 3.76. The van der Waals surface area contributed by atoms with E-state index in [1.54, 1.807) is 0 Å². The minimum absolute atomic E-state index is 0. The zero-order valence-corrected chi connectivity index (χ0v) is 8.39. The maximum Gasteiger partial charge on any atom is 0.331 e. The van der Waals surface area contributed by atoms with Crippen LogP contribution in [0.5, 0.6) is 0 Å². The van der Waals surface area contributed by atoms with Gasteiger partial charge in [0.1, 0.15) is 5.60 Å². The third kappa shape index (κ3) is 9.17. The smallest absolute Gasteiger partial charge is 0.331 e. The highest BCUT2D eigenvalue weighted by molar-refractivity contribution is 5.82. The number of carbonyl (C=O) groups is 1. The van der Waals surface area contributed by atoms with Crippen LogP contribution in [0.15, 0.2) is 11.6 Å². The summed E-state index contributed by atoms with van der Waals surface area (Å²) in [5.41, 5.74) is 0.572. The van der Waals surface area contributed by atoms with Gasteiger partial charge in [-0.25, -0.2) is 4.79 Å². The first-order valence-electron chi connectivity index (χ1n) is 3.69. The van der Waals surface area contributed by atoms with Crippen molar-refractivity contribution in [1.82, 2.24) is 0 Å². The van der Waals surface area contributed by atoms with E-state index in [0.717, 1.165) is 5.57 Å². The standard InChI is InChI=1S/C9H16O2.H2O/c1-7(2)6-8(10)11-9(3,4)5;/h6H,1-5H3;1H2. The lowest BCUT2D eigenvalue weighted by Crippen LogP contribution is -2.22. The van der Waals surface area contributed by atoms with Crippen LogP contribution >= 0.6 is 0 Å². The summed E-state index contributed by atoms with van der Waals surface area (Å²) < 4.78 is 5.03. The van der Waals surface area contributed by atoms with Gasteiger partial charge >= 0.3 is 5.97 Å². The molecular weight excluding hydrogens is 156 g/mol. The van der Waals surface area contributed by atoms with Crippen molar-refractivity contribution in [2.24, 2.45) is 0 Å². The van der Waals surface area contributed by atoms with Crippen LogP contribution in [0.2, 0.25) is 0 Å². The maximum atomic E-state index is 11.0. The molecule has 2 N–H and O–H groups in total. The van der Waals surface area contributed by atoms with E-state index in [1.165, 1.54) is 6.08 Å². The van der Waals surface area contributed by atoms with Gasteiger partial charge in [-0.05, 0) is 34.6 Å². The fraction of sp³-hybridized carbons (Fsp3) is 0.667. The number of rotatable bonds is 1. The summed E-state index contributed by atoms with van der Waals surface area (Å²) in [6.07, 6.45) is 1.49. The molecule has 0 aliphatic heterocycles. The Kier molecular flexibility index (Phi) is 5.64. The molecule has 12 heavy (non-hydrogen) atoms. The number of ether oxygens (including phenoxy) is 1. The average molecular weight is 174 g/mol. The molecule has 3 nitrogen and oxygen atoms in total. The van der Waals surface area contributed by atoms with Crippen LogP contribution in [0.1, 0.15) is 34.6 Å². The summed E-state index contributed by atoms with van der Waals surface area (Å²) >= 11 is 0. The van der Waals surface area contributed by atoms with E-state index in [1.807, 2.05) is 34.6 Å². The molecule has 0 radical (unpaired) electrons. The van der Waals surface area contributed by atoms with Gasteiger partial charge in [-0.3, -0.25) is 0 Å². The minimum atomic E-state index is -0.386. The highest BCUT2D eigenvalue weighted by Gasteiger charge is 2.13. The molecule has 0 spiro atoms. The second kappa shape index (κ2) is 4.93. The average Bonchev–Trinajstić information content (AvgIpc) is 1.53. The molecule has 0 atom stereocenters. The van der Waals surface area contributed by atoms with Crippen LogP contribution in [0.4, 0.5) is 0 Å². The first kappa shape index (κ1) is 13.7. The normalized spacial score (nSPS) is 9.75. The van der Waals surface area contributed by atoms with Crippen LogP contribution < -0.4 is 0 Å². The van der Waals surface area contributed by atoms with E-state index < -0.39 is 0 Å². The van der Waals surface area contributed by atoms with E-state index in [0.29, 0.717) is 0 Å². The van der Waals surface area contributed by atoms with Gasteiger partial charge in [-0.15, -0.1) is 0 Å². The maximum absolute atomic E-state index is 11.0. The fourth-order valence-corrected chi connectivity index (χ4v) is 0.567. The van der Waals surface area contributed by atoms with E-state index in [4.69, 9.17) is 4.74 Å². The van der Waals surface area contributed by atoms with Crippen LogP contribution in [0.3, 0.4) is 0 Å². The number of allylic oxidation sites excluding steroid dienone is 1. The summed E-state index contributed by atoms with van der Waals surface area (Å²) in [5.74, 6) is -0.266. The summed E-state index contributed by atoms with van der Waals surface area (Å²) in [5, 5.41) is 0. The summed E-state index contributed by atoms with van der Waals surface area (Å²) in [7, 11) is 0. The number of esters is 1. The highest BCUT2D eigenvalue weighted by atomic mass is 16.6. The molecule has 0 bridgehead atoms. The van der Waals surface area contributed by atoms with Crippen molar-refractivity contribution >= 4 is 5.97 Å². The molecule has 3 heteroatoms. The summed E-state index contributed by atoms with van der Waals surface area (Å²) in [6.45, 7) is 9.28. The molecule has 0 aromatic carbocycles. The Bertz CT molecular complexity index is 171. The molecule has 0 aliphatic carbocycles. The fourth-order valence-electron chi connectivity index (χ4n) is 0.567. The zero-order chi connectivity index (χ0) is 9.07. The molecule has 0 fully saturated rings. The summed E-state index contributed by atoms with van der Waals surface area (Å²) in [6, 6.07) is 0. The van der Waals surface area contributed by atoms with Crippen molar-refractivity contribution in [2.45, 2.75) is 40.2 Å². The Labute approximate surface area is 73.7 Å². The van der Waals surface area contributed by atoms with Crippen molar-refractivity contribution < 1.29 is 15.0 Å². The predicted octanol–water partition coefficient (Wildman–Crippen LogP) is 1.47. The Morgan fingerprint density at radius 1 is 1.25 bits per heavy atom. The van der Waals surface area contributed by atoms with Crippen LogP contribution in [0, 0.1) is 0 Å². The van der Waals surface area contributed by atoms with Crippen molar-refractivity contribution in [3.8, 4) is 0 Å². The lowest BCUT2D eigenvalue weighted by Gasteiger charge is -2.18. The zero-order valence-electron chi connectivity index (χ0n) is 8.39. The third-order valence-corrected chi connectivity index (χ3v) is 0.813. The van der Waals surface area contributed by atoms with Gasteiger partial charge in [0, 0.05) is 6.08 Å². The van der Waals surface area contributed by atoms with Crippen molar-refractivity contribution in [3.63, 3.8) is 0 Å². The predicted molar refractivity (Wildman–Crippen MR) is 48.9 cm³/mol. The molecule has 0 saturated carbocycles. The van der Waals surface area contributed by atoms with Gasteiger partial charge in [-0.1, -0.05) is 5.57 Å². The molecule has 0 aliphatic rings. The monoisotopic (exact) mass is 174 g/mol. The topological polar surface area (TPSA) is 57.8 Å². The number of carbonyl (C=O) groups excluding carboxylic acids is 1. The van der Waals surface area contributed by atoms with E-state index in [-0.39, 0.29) is 17.0 Å². The first-order valence-corrected chi connectivity index (χ1v) is 3.69. The van der Waals surface area contributed by atoms with Gasteiger partial charge < -0.3 is 10.2 Å². The second-order valence-electron chi connectivity index (χ2n) is 3.76. The van der Waals surface area contributed by atoms with Gasteiger partial charge in [0.15, 0.2) is 0 Å². The van der Waals surface area contributed by atoms with E-state index in [2.05, 4.69) is 0 Å². The van der Waals surface area contributed by atoms with Gasteiger partial charge in [0.25, 0.3) is 0 Å². The Hall–Kier alpha value is -0.830. The lowest BCUT2D eigenvalue weighted by atomic mass is 10.2. The van der Waals surface area contributed by atoms with Gasteiger partial charge in [-0.2, -0.15) is 0 Å². The SMILES string of the molecule is CC(C)=CC(=O)OC(C)(C)C.O. The molecule has 0 unspecified atom stereocenters. The molecule has 0 rings (SSSR count). The van der Waals surface area contributed by atoms with Crippen molar-refractivity contribution in [2.75, 3.05) is 0 Å². The molecule has 0 amide bonds. The highest BCUT2D eigenvalue weighted by Crippen LogP contribution is 2.07. The van der Waals surface area contributed by atoms with Crippen molar-refractivity contribution in [3.05, 3.63) is 11.6 Å². The van der Waals surface area contributed by atoms with Crippen LogP contribution in [0.25, 0.3) is 0 Å². The number of hydrogen-bond acceptors (Lipinski definition) is 2. The molecule has 0 aromatic rings. The Balaban J connectivity index is 0. The van der Waals surface area contributed by atoms with E-state index in [9.17, 15) is 4.79 Å². The molecular formula is C9H18O3. The third-order valence-electron chi connectivity index (χ3n) is 0.813. The number of hydrogen-bond donors (Lipinski definition) is 0. The quantitative estimate of drug-likeness (QED) is 0.446. The van der Waals surface area contributed by atoms with Crippen LogP contribution in [-0.2, 0) is 9.53 Å². The molecule has 0 aromatic heterocycles. The molecule has 0 heterocycles. The van der Waals surface area contributed by atoms with E-state index >= 15 is 0 Å². The Morgan fingerprint density at radius 2 is 1.67 bits per heavy atom. The minimum Gasteiger partial charge on any atom is -0.457 e. The van der Waals surface area contributed by atoms with Gasteiger partial charge in [0.2, 0.25) is 0 Å².